The van der Waals surface area contributed by atoms with Crippen LogP contribution in [0.15, 0.2) is 81.8 Å². The van der Waals surface area contributed by atoms with Gasteiger partial charge >= 0.3 is 0 Å². The van der Waals surface area contributed by atoms with E-state index in [2.05, 4.69) is 27.8 Å². The number of nitrogens with zero attached hydrogens (tertiary/aromatic N) is 2. The van der Waals surface area contributed by atoms with Crippen LogP contribution in [0.2, 0.25) is 0 Å². The SMILES string of the molecule is CCOCCNC(=O)c1ccc2c(c1)NC(=NCc1cccnc1)c1ccccc1S2. The first-order valence-corrected chi connectivity index (χ1v) is 11.0. The molecular weight excluding hydrogens is 408 g/mol. The number of carbonyl (C=O) groups is 1. The minimum atomic E-state index is -0.120. The van der Waals surface area contributed by atoms with E-state index in [0.29, 0.717) is 31.9 Å². The molecule has 31 heavy (non-hydrogen) atoms. The molecule has 1 aliphatic heterocycles. The largest absolute Gasteiger partial charge is 0.380 e. The molecule has 0 saturated carbocycles. The third kappa shape index (κ3) is 5.31. The third-order valence-corrected chi connectivity index (χ3v) is 5.89. The fourth-order valence-electron chi connectivity index (χ4n) is 3.19. The van der Waals surface area contributed by atoms with Gasteiger partial charge < -0.3 is 15.4 Å². The molecule has 158 valence electrons. The number of benzene rings is 2. The van der Waals surface area contributed by atoms with Crippen LogP contribution in [0.25, 0.3) is 0 Å². The van der Waals surface area contributed by atoms with Crippen molar-refractivity contribution < 1.29 is 9.53 Å². The van der Waals surface area contributed by atoms with E-state index in [1.165, 1.54) is 0 Å². The molecule has 3 aromatic rings. The van der Waals surface area contributed by atoms with E-state index in [9.17, 15) is 4.79 Å². The summed E-state index contributed by atoms with van der Waals surface area (Å²) in [6.45, 7) is 4.07. The second-order valence-corrected chi connectivity index (χ2v) is 8.00. The Morgan fingerprint density at radius 3 is 2.90 bits per heavy atom. The van der Waals surface area contributed by atoms with Gasteiger partial charge in [-0.25, -0.2) is 0 Å². The number of ether oxygens (including phenoxy) is 1. The van der Waals surface area contributed by atoms with Crippen molar-refractivity contribution in [2.24, 2.45) is 4.99 Å². The van der Waals surface area contributed by atoms with Crippen molar-refractivity contribution in [2.75, 3.05) is 25.1 Å². The van der Waals surface area contributed by atoms with Crippen molar-refractivity contribution in [3.63, 3.8) is 0 Å². The zero-order valence-electron chi connectivity index (χ0n) is 17.3. The monoisotopic (exact) mass is 432 g/mol. The lowest BCUT2D eigenvalue weighted by molar-refractivity contribution is 0.0922. The Kier molecular flexibility index (Phi) is 6.96. The zero-order valence-corrected chi connectivity index (χ0v) is 18.1. The Morgan fingerprint density at radius 2 is 2.06 bits per heavy atom. The van der Waals surface area contributed by atoms with Gasteiger partial charge in [0.05, 0.1) is 18.8 Å². The van der Waals surface area contributed by atoms with Crippen molar-refractivity contribution in [1.29, 1.82) is 0 Å². The van der Waals surface area contributed by atoms with Gasteiger partial charge in [0.2, 0.25) is 0 Å². The predicted molar refractivity (Wildman–Crippen MR) is 124 cm³/mol. The summed E-state index contributed by atoms with van der Waals surface area (Å²) < 4.78 is 5.29. The standard InChI is InChI=1S/C24H24N4O2S/c1-2-30-13-12-26-24(29)18-9-10-22-20(14-18)28-23(19-7-3-4-8-21(19)31-22)27-16-17-6-5-11-25-15-17/h3-11,14-15H,2,12-13,16H2,1H3,(H,26,29)(H,27,28). The number of amidine groups is 1. The molecule has 2 N–H and O–H groups in total. The molecule has 0 saturated heterocycles. The molecule has 1 aromatic heterocycles. The molecule has 0 spiro atoms. The van der Waals surface area contributed by atoms with Gasteiger partial charge in [-0.1, -0.05) is 36.0 Å². The molecule has 0 unspecified atom stereocenters. The molecule has 1 aliphatic rings. The predicted octanol–water partition coefficient (Wildman–Crippen LogP) is 4.37. The Balaban J connectivity index is 1.60. The van der Waals surface area contributed by atoms with E-state index in [4.69, 9.17) is 9.73 Å². The maximum atomic E-state index is 12.6. The maximum absolute atomic E-state index is 12.6. The number of hydrogen-bond acceptors (Lipinski definition) is 5. The summed E-state index contributed by atoms with van der Waals surface area (Å²) in [5.41, 5.74) is 3.54. The number of amides is 1. The highest BCUT2D eigenvalue weighted by atomic mass is 32.2. The molecule has 2 aromatic carbocycles. The molecule has 4 rings (SSSR count). The van der Waals surface area contributed by atoms with Gasteiger partial charge in [-0.15, -0.1) is 0 Å². The van der Waals surface area contributed by atoms with Gasteiger partial charge in [0.15, 0.2) is 0 Å². The summed E-state index contributed by atoms with van der Waals surface area (Å²) in [6.07, 6.45) is 3.57. The number of aliphatic imine (C=N–C) groups is 1. The van der Waals surface area contributed by atoms with Gasteiger partial charge in [-0.3, -0.25) is 14.8 Å². The van der Waals surface area contributed by atoms with E-state index < -0.39 is 0 Å². The number of fused-ring (bicyclic) bond motifs is 2. The van der Waals surface area contributed by atoms with Gasteiger partial charge in [-0.05, 0) is 42.8 Å². The zero-order chi connectivity index (χ0) is 21.5. The Morgan fingerprint density at radius 1 is 1.16 bits per heavy atom. The highest BCUT2D eigenvalue weighted by molar-refractivity contribution is 7.99. The summed E-state index contributed by atoms with van der Waals surface area (Å²) in [5, 5.41) is 6.36. The smallest absolute Gasteiger partial charge is 0.251 e. The summed E-state index contributed by atoms with van der Waals surface area (Å²) in [4.78, 5) is 23.7. The molecule has 0 aliphatic carbocycles. The van der Waals surface area contributed by atoms with Crippen LogP contribution in [-0.4, -0.2) is 36.5 Å². The number of nitrogens with one attached hydrogen (secondary N) is 2. The second-order valence-electron chi connectivity index (χ2n) is 6.91. The fourth-order valence-corrected chi connectivity index (χ4v) is 4.21. The van der Waals surface area contributed by atoms with Crippen molar-refractivity contribution in [2.45, 2.75) is 23.3 Å². The van der Waals surface area contributed by atoms with Crippen LogP contribution in [0.3, 0.4) is 0 Å². The van der Waals surface area contributed by atoms with Crippen LogP contribution in [0.1, 0.15) is 28.4 Å². The molecule has 6 nitrogen and oxygen atoms in total. The molecule has 1 amide bonds. The van der Waals surface area contributed by atoms with Gasteiger partial charge in [-0.2, -0.15) is 0 Å². The number of carbonyl (C=O) groups excluding carboxylic acids is 1. The molecule has 7 heteroatoms. The average molecular weight is 433 g/mol. The third-order valence-electron chi connectivity index (χ3n) is 4.74. The highest BCUT2D eigenvalue weighted by Gasteiger charge is 2.19. The van der Waals surface area contributed by atoms with Crippen LogP contribution >= 0.6 is 11.8 Å². The summed E-state index contributed by atoms with van der Waals surface area (Å²) >= 11 is 1.67. The van der Waals surface area contributed by atoms with Crippen LogP contribution in [0.5, 0.6) is 0 Å². The van der Waals surface area contributed by atoms with E-state index in [-0.39, 0.29) is 5.91 Å². The van der Waals surface area contributed by atoms with Crippen LogP contribution in [-0.2, 0) is 11.3 Å². The fraction of sp³-hybridized carbons (Fsp3) is 0.208. The molecular formula is C24H24N4O2S. The van der Waals surface area contributed by atoms with Gasteiger partial charge in [0.25, 0.3) is 5.91 Å². The second kappa shape index (κ2) is 10.2. The lowest BCUT2D eigenvalue weighted by Crippen LogP contribution is -2.27. The summed E-state index contributed by atoms with van der Waals surface area (Å²) in [7, 11) is 0. The van der Waals surface area contributed by atoms with E-state index in [0.717, 1.165) is 32.4 Å². The minimum Gasteiger partial charge on any atom is -0.380 e. The summed E-state index contributed by atoms with van der Waals surface area (Å²) in [5.74, 6) is 0.657. The first kappa shape index (κ1) is 21.1. The van der Waals surface area contributed by atoms with Gasteiger partial charge in [0, 0.05) is 46.5 Å². The van der Waals surface area contributed by atoms with Crippen molar-refractivity contribution in [1.82, 2.24) is 10.3 Å². The van der Waals surface area contributed by atoms with Crippen LogP contribution in [0.4, 0.5) is 5.69 Å². The Hall–Kier alpha value is -3.16. The average Bonchev–Trinajstić information content (AvgIpc) is 2.97. The number of pyridine rings is 1. The first-order chi connectivity index (χ1) is 15.2. The lowest BCUT2D eigenvalue weighted by Gasteiger charge is -2.12. The lowest BCUT2D eigenvalue weighted by atomic mass is 10.1. The van der Waals surface area contributed by atoms with Crippen molar-refractivity contribution in [3.8, 4) is 0 Å². The number of aromatic nitrogens is 1. The molecule has 0 atom stereocenters. The molecule has 0 radical (unpaired) electrons. The Bertz CT molecular complexity index is 1090. The van der Waals surface area contributed by atoms with Crippen molar-refractivity contribution >= 4 is 29.2 Å². The number of anilines is 1. The number of rotatable bonds is 7. The molecule has 2 heterocycles. The maximum Gasteiger partial charge on any atom is 0.251 e. The molecule has 0 fully saturated rings. The molecule has 0 bridgehead atoms. The normalized spacial score (nSPS) is 13.6. The van der Waals surface area contributed by atoms with Crippen molar-refractivity contribution in [3.05, 3.63) is 83.7 Å². The van der Waals surface area contributed by atoms with E-state index in [1.54, 1.807) is 18.0 Å². The topological polar surface area (TPSA) is 75.6 Å². The quantitative estimate of drug-likeness (QED) is 0.542. The minimum absolute atomic E-state index is 0.120. The van der Waals surface area contributed by atoms with E-state index >= 15 is 0 Å². The summed E-state index contributed by atoms with van der Waals surface area (Å²) in [6, 6.07) is 17.8. The first-order valence-electron chi connectivity index (χ1n) is 10.2. The van der Waals surface area contributed by atoms with Crippen LogP contribution in [0, 0.1) is 0 Å². The highest BCUT2D eigenvalue weighted by Crippen LogP contribution is 2.39. The van der Waals surface area contributed by atoms with Gasteiger partial charge in [0.1, 0.15) is 5.84 Å². The number of hydrogen-bond donors (Lipinski definition) is 2. The van der Waals surface area contributed by atoms with E-state index in [1.807, 2.05) is 55.6 Å². The Labute approximate surface area is 186 Å². The van der Waals surface area contributed by atoms with Crippen LogP contribution < -0.4 is 10.6 Å².